The Labute approximate surface area is 164 Å². The topological polar surface area (TPSA) is 85.6 Å². The van der Waals surface area contributed by atoms with Gasteiger partial charge in [-0.25, -0.2) is 4.98 Å². The smallest absolute Gasteiger partial charge is 0.275 e. The Kier molecular flexibility index (Phi) is 4.86. The third-order valence-electron chi connectivity index (χ3n) is 4.08. The molecule has 140 valence electrons. The lowest BCUT2D eigenvalue weighted by atomic mass is 10.2. The van der Waals surface area contributed by atoms with Gasteiger partial charge >= 0.3 is 0 Å². The first-order chi connectivity index (χ1) is 13.6. The lowest BCUT2D eigenvalue weighted by molar-refractivity contribution is 0.0950. The number of nitrogens with zero attached hydrogens (tertiary/aromatic N) is 3. The van der Waals surface area contributed by atoms with E-state index in [0.29, 0.717) is 27.0 Å². The van der Waals surface area contributed by atoms with E-state index < -0.39 is 0 Å². The zero-order valence-corrected chi connectivity index (χ0v) is 15.8. The molecule has 2 aromatic heterocycles. The van der Waals surface area contributed by atoms with E-state index in [1.807, 2.05) is 30.3 Å². The molecule has 1 N–H and O–H groups in total. The van der Waals surface area contributed by atoms with Gasteiger partial charge in [0.25, 0.3) is 11.5 Å². The van der Waals surface area contributed by atoms with Crippen LogP contribution < -0.4 is 15.6 Å². The molecule has 0 fully saturated rings. The SMILES string of the molecule is COc1cccc(C(=O)NCc2cc(=O)n3nc(-c4ccccc4)sc3n2)c1. The van der Waals surface area contributed by atoms with Gasteiger partial charge < -0.3 is 10.1 Å². The van der Waals surface area contributed by atoms with Crippen LogP contribution in [0.2, 0.25) is 0 Å². The monoisotopic (exact) mass is 392 g/mol. The molecule has 2 heterocycles. The number of carbonyl (C=O) groups is 1. The van der Waals surface area contributed by atoms with Crippen LogP contribution in [0.25, 0.3) is 15.5 Å². The molecular weight excluding hydrogens is 376 g/mol. The molecule has 0 atom stereocenters. The first-order valence-electron chi connectivity index (χ1n) is 8.51. The van der Waals surface area contributed by atoms with Gasteiger partial charge in [-0.05, 0) is 18.2 Å². The molecule has 28 heavy (non-hydrogen) atoms. The summed E-state index contributed by atoms with van der Waals surface area (Å²) in [7, 11) is 1.54. The van der Waals surface area contributed by atoms with Crippen LogP contribution in [-0.2, 0) is 6.54 Å². The highest BCUT2D eigenvalue weighted by Crippen LogP contribution is 2.23. The van der Waals surface area contributed by atoms with E-state index in [-0.39, 0.29) is 18.0 Å². The number of ether oxygens (including phenoxy) is 1. The van der Waals surface area contributed by atoms with Gasteiger partial charge in [-0.2, -0.15) is 9.61 Å². The number of aromatic nitrogens is 3. The second-order valence-electron chi connectivity index (χ2n) is 5.97. The van der Waals surface area contributed by atoms with Crippen molar-refractivity contribution in [3.8, 4) is 16.3 Å². The molecule has 4 aromatic rings. The summed E-state index contributed by atoms with van der Waals surface area (Å²) < 4.78 is 6.41. The van der Waals surface area contributed by atoms with Gasteiger partial charge in [0.15, 0.2) is 0 Å². The zero-order valence-electron chi connectivity index (χ0n) is 15.0. The second-order valence-corrected chi connectivity index (χ2v) is 6.92. The fourth-order valence-electron chi connectivity index (χ4n) is 2.68. The molecule has 7 nitrogen and oxygen atoms in total. The van der Waals surface area contributed by atoms with Crippen molar-refractivity contribution in [3.63, 3.8) is 0 Å². The third kappa shape index (κ3) is 3.63. The van der Waals surface area contributed by atoms with Gasteiger partial charge in [0.1, 0.15) is 10.8 Å². The number of rotatable bonds is 5. The van der Waals surface area contributed by atoms with Crippen LogP contribution >= 0.6 is 11.3 Å². The van der Waals surface area contributed by atoms with Crippen molar-refractivity contribution in [3.05, 3.63) is 82.3 Å². The molecule has 0 radical (unpaired) electrons. The van der Waals surface area contributed by atoms with E-state index in [9.17, 15) is 9.59 Å². The van der Waals surface area contributed by atoms with Gasteiger partial charge in [-0.15, -0.1) is 0 Å². The lowest BCUT2D eigenvalue weighted by Crippen LogP contribution is -2.25. The van der Waals surface area contributed by atoms with Crippen molar-refractivity contribution in [2.45, 2.75) is 6.54 Å². The summed E-state index contributed by atoms with van der Waals surface area (Å²) in [6.07, 6.45) is 0. The Morgan fingerprint density at radius 2 is 1.96 bits per heavy atom. The van der Waals surface area contributed by atoms with Crippen molar-refractivity contribution < 1.29 is 9.53 Å². The van der Waals surface area contributed by atoms with Gasteiger partial charge in [0.2, 0.25) is 4.96 Å². The standard InChI is InChI=1S/C20H16N4O3S/c1-27-16-9-5-8-14(10-16)18(26)21-12-15-11-17(25)24-20(22-15)28-19(23-24)13-6-3-2-4-7-13/h2-11H,12H2,1H3,(H,21,26). The average Bonchev–Trinajstić information content (AvgIpc) is 3.17. The van der Waals surface area contributed by atoms with Crippen molar-refractivity contribution in [1.29, 1.82) is 0 Å². The minimum absolute atomic E-state index is 0.139. The highest BCUT2D eigenvalue weighted by molar-refractivity contribution is 7.19. The van der Waals surface area contributed by atoms with E-state index in [2.05, 4.69) is 15.4 Å². The molecule has 0 aliphatic carbocycles. The number of hydrogen-bond acceptors (Lipinski definition) is 6. The largest absolute Gasteiger partial charge is 0.497 e. The number of methoxy groups -OCH3 is 1. The van der Waals surface area contributed by atoms with Crippen molar-refractivity contribution in [2.24, 2.45) is 0 Å². The van der Waals surface area contributed by atoms with E-state index in [0.717, 1.165) is 5.56 Å². The van der Waals surface area contributed by atoms with Crippen molar-refractivity contribution >= 4 is 22.2 Å². The Hall–Kier alpha value is -3.52. The fourth-order valence-corrected chi connectivity index (χ4v) is 3.61. The van der Waals surface area contributed by atoms with Gasteiger partial charge in [0.05, 0.1) is 19.3 Å². The fraction of sp³-hybridized carbons (Fsp3) is 0.100. The summed E-state index contributed by atoms with van der Waals surface area (Å²) in [5, 5.41) is 7.83. The molecule has 4 rings (SSSR count). The Balaban J connectivity index is 1.56. The molecule has 0 spiro atoms. The summed E-state index contributed by atoms with van der Waals surface area (Å²) in [6.45, 7) is 0.139. The Morgan fingerprint density at radius 1 is 1.14 bits per heavy atom. The minimum Gasteiger partial charge on any atom is -0.497 e. The third-order valence-corrected chi connectivity index (χ3v) is 5.04. The number of carbonyl (C=O) groups excluding carboxylic acids is 1. The summed E-state index contributed by atoms with van der Waals surface area (Å²) in [4.78, 5) is 29.7. The Bertz CT molecular complexity index is 1200. The summed E-state index contributed by atoms with van der Waals surface area (Å²) >= 11 is 1.33. The molecule has 0 aliphatic heterocycles. The normalized spacial score (nSPS) is 10.8. The van der Waals surface area contributed by atoms with Crippen molar-refractivity contribution in [2.75, 3.05) is 7.11 Å². The van der Waals surface area contributed by atoms with E-state index in [4.69, 9.17) is 4.74 Å². The van der Waals surface area contributed by atoms with Crippen LogP contribution in [0.15, 0.2) is 65.5 Å². The summed E-state index contributed by atoms with van der Waals surface area (Å²) in [5.41, 5.74) is 1.59. The molecule has 0 saturated carbocycles. The molecule has 0 bridgehead atoms. The van der Waals surface area contributed by atoms with Crippen LogP contribution in [0.3, 0.4) is 0 Å². The number of benzene rings is 2. The average molecular weight is 392 g/mol. The molecule has 0 saturated heterocycles. The first kappa shape index (κ1) is 17.9. The van der Waals surface area contributed by atoms with Crippen LogP contribution in [0.5, 0.6) is 5.75 Å². The highest BCUT2D eigenvalue weighted by Gasteiger charge is 2.12. The summed E-state index contributed by atoms with van der Waals surface area (Å²) in [5.74, 6) is 0.332. The molecule has 8 heteroatoms. The molecule has 0 unspecified atom stereocenters. The maximum absolute atomic E-state index is 12.4. The number of hydrogen-bond donors (Lipinski definition) is 1. The lowest BCUT2D eigenvalue weighted by Gasteiger charge is -2.06. The van der Waals surface area contributed by atoms with Gasteiger partial charge in [0, 0.05) is 17.2 Å². The van der Waals surface area contributed by atoms with E-state index in [1.54, 1.807) is 31.4 Å². The maximum Gasteiger partial charge on any atom is 0.275 e. The van der Waals surface area contributed by atoms with Gasteiger partial charge in [-0.3, -0.25) is 9.59 Å². The molecule has 0 aliphatic rings. The maximum atomic E-state index is 12.4. The number of fused-ring (bicyclic) bond motifs is 1. The Morgan fingerprint density at radius 3 is 2.75 bits per heavy atom. The second kappa shape index (κ2) is 7.61. The molecular formula is C20H16N4O3S. The van der Waals surface area contributed by atoms with E-state index >= 15 is 0 Å². The molecule has 1 amide bonds. The summed E-state index contributed by atoms with van der Waals surface area (Å²) in [6, 6.07) is 17.8. The quantitative estimate of drug-likeness (QED) is 0.564. The van der Waals surface area contributed by atoms with Gasteiger partial charge in [-0.1, -0.05) is 47.7 Å². The van der Waals surface area contributed by atoms with Crippen LogP contribution in [0, 0.1) is 0 Å². The molecule has 2 aromatic carbocycles. The predicted molar refractivity (Wildman–Crippen MR) is 107 cm³/mol. The minimum atomic E-state index is -0.283. The van der Waals surface area contributed by atoms with Crippen LogP contribution in [0.4, 0.5) is 0 Å². The highest BCUT2D eigenvalue weighted by atomic mass is 32.1. The number of amides is 1. The van der Waals surface area contributed by atoms with E-state index in [1.165, 1.54) is 21.9 Å². The predicted octanol–water partition coefficient (Wildman–Crippen LogP) is 2.76. The van der Waals surface area contributed by atoms with Crippen LogP contribution in [-0.4, -0.2) is 27.6 Å². The van der Waals surface area contributed by atoms with Crippen molar-refractivity contribution in [1.82, 2.24) is 19.9 Å². The zero-order chi connectivity index (χ0) is 19.5. The van der Waals surface area contributed by atoms with Crippen LogP contribution in [0.1, 0.15) is 16.1 Å². The number of nitrogens with one attached hydrogen (secondary N) is 1. The first-order valence-corrected chi connectivity index (χ1v) is 9.33.